The molecule has 1 atom stereocenters. The van der Waals surface area contributed by atoms with Gasteiger partial charge in [0.15, 0.2) is 0 Å². The summed E-state index contributed by atoms with van der Waals surface area (Å²) in [6.45, 7) is 1.15. The van der Waals surface area contributed by atoms with E-state index in [1.54, 1.807) is 6.20 Å². The van der Waals surface area contributed by atoms with Crippen LogP contribution in [0.25, 0.3) is 11.3 Å². The van der Waals surface area contributed by atoms with E-state index in [4.69, 9.17) is 11.6 Å². The number of halogens is 3. The van der Waals surface area contributed by atoms with Crippen molar-refractivity contribution in [1.29, 1.82) is 0 Å². The number of amides is 1. The molecule has 1 saturated heterocycles. The molecule has 31 heavy (non-hydrogen) atoms. The molecular weight excluding hydrogens is 422 g/mol. The van der Waals surface area contributed by atoms with Crippen LogP contribution >= 0.6 is 11.6 Å². The first kappa shape index (κ1) is 21.5. The van der Waals surface area contributed by atoms with Crippen molar-refractivity contribution in [3.63, 3.8) is 0 Å². The van der Waals surface area contributed by atoms with Crippen molar-refractivity contribution in [2.45, 2.75) is 25.3 Å². The summed E-state index contributed by atoms with van der Waals surface area (Å²) in [7, 11) is 0. The molecule has 0 radical (unpaired) electrons. The molecule has 3 aromatic rings. The predicted octanol–water partition coefficient (Wildman–Crippen LogP) is 4.50. The molecule has 2 N–H and O–H groups in total. The van der Waals surface area contributed by atoms with E-state index in [9.17, 15) is 13.6 Å². The first-order valence-corrected chi connectivity index (χ1v) is 10.6. The number of likely N-dealkylation sites (tertiary alicyclic amines) is 1. The fraction of sp³-hybridized carbons (Fsp3) is 0.304. The molecule has 0 saturated carbocycles. The highest BCUT2D eigenvalue weighted by Gasteiger charge is 2.29. The number of nitrogens with one attached hydrogen (secondary N) is 2. The van der Waals surface area contributed by atoms with Crippen LogP contribution in [0, 0.1) is 11.6 Å². The van der Waals surface area contributed by atoms with Gasteiger partial charge in [-0.05, 0) is 44.0 Å². The standard InChI is InChI=1S/C23H23ClF2N4O/c24-17-6-2-1-5-15(17)20-13-28-23(29-20)21-9-4-12-30(21)14-22(31)27-11-10-16-18(25)7-3-8-19(16)26/h1-3,5-8,13,21H,4,9-12,14H2,(H,27,31)(H,28,29). The molecule has 0 spiro atoms. The van der Waals surface area contributed by atoms with Crippen LogP contribution in [0.4, 0.5) is 8.78 Å². The van der Waals surface area contributed by atoms with Crippen LogP contribution in [0.2, 0.25) is 5.02 Å². The van der Waals surface area contributed by atoms with E-state index in [0.717, 1.165) is 36.5 Å². The molecule has 1 unspecified atom stereocenters. The van der Waals surface area contributed by atoms with Crippen LogP contribution in [-0.4, -0.2) is 40.4 Å². The number of H-pyrrole nitrogens is 1. The number of rotatable bonds is 7. The molecule has 1 fully saturated rings. The number of benzene rings is 2. The molecule has 0 aliphatic carbocycles. The summed E-state index contributed by atoms with van der Waals surface area (Å²) in [6, 6.07) is 11.3. The van der Waals surface area contributed by atoms with Crippen LogP contribution in [-0.2, 0) is 11.2 Å². The lowest BCUT2D eigenvalue weighted by atomic mass is 10.1. The number of carbonyl (C=O) groups excluding carboxylic acids is 1. The van der Waals surface area contributed by atoms with Gasteiger partial charge in [0.1, 0.15) is 17.5 Å². The number of hydrogen-bond donors (Lipinski definition) is 2. The number of nitrogens with zero attached hydrogens (tertiary/aromatic N) is 2. The monoisotopic (exact) mass is 444 g/mol. The van der Waals surface area contributed by atoms with E-state index in [0.29, 0.717) is 5.02 Å². The first-order valence-electron chi connectivity index (χ1n) is 10.3. The maximum absolute atomic E-state index is 13.7. The Kier molecular flexibility index (Phi) is 6.63. The Morgan fingerprint density at radius 2 is 1.97 bits per heavy atom. The fourth-order valence-electron chi connectivity index (χ4n) is 3.99. The Bertz CT molecular complexity index is 1050. The van der Waals surface area contributed by atoms with Gasteiger partial charge in [0.2, 0.25) is 5.91 Å². The zero-order valence-electron chi connectivity index (χ0n) is 16.9. The second-order valence-corrected chi connectivity index (χ2v) is 8.00. The Balaban J connectivity index is 1.35. The molecule has 5 nitrogen and oxygen atoms in total. The summed E-state index contributed by atoms with van der Waals surface area (Å²) in [6.07, 6.45) is 3.72. The highest BCUT2D eigenvalue weighted by molar-refractivity contribution is 6.33. The first-order chi connectivity index (χ1) is 15.0. The van der Waals surface area contributed by atoms with Crippen molar-refractivity contribution in [3.05, 3.63) is 76.7 Å². The van der Waals surface area contributed by atoms with Gasteiger partial charge >= 0.3 is 0 Å². The quantitative estimate of drug-likeness (QED) is 0.564. The van der Waals surface area contributed by atoms with Crippen molar-refractivity contribution in [3.8, 4) is 11.3 Å². The average molecular weight is 445 g/mol. The Hall–Kier alpha value is -2.77. The summed E-state index contributed by atoms with van der Waals surface area (Å²) in [5, 5.41) is 3.41. The van der Waals surface area contributed by atoms with Crippen LogP contribution in [0.5, 0.6) is 0 Å². The molecule has 8 heteroatoms. The fourth-order valence-corrected chi connectivity index (χ4v) is 4.22. The molecule has 2 aromatic carbocycles. The lowest BCUT2D eigenvalue weighted by molar-refractivity contribution is -0.122. The summed E-state index contributed by atoms with van der Waals surface area (Å²) < 4.78 is 27.4. The summed E-state index contributed by atoms with van der Waals surface area (Å²) in [5.74, 6) is -0.572. The molecule has 1 amide bonds. The van der Waals surface area contributed by atoms with E-state index < -0.39 is 11.6 Å². The van der Waals surface area contributed by atoms with Crippen LogP contribution in [0.15, 0.2) is 48.7 Å². The molecule has 1 aliphatic heterocycles. The van der Waals surface area contributed by atoms with E-state index >= 15 is 0 Å². The van der Waals surface area contributed by atoms with Gasteiger partial charge in [-0.2, -0.15) is 0 Å². The lowest BCUT2D eigenvalue weighted by Gasteiger charge is -2.22. The third kappa shape index (κ3) is 4.94. The molecule has 162 valence electrons. The largest absolute Gasteiger partial charge is 0.355 e. The lowest BCUT2D eigenvalue weighted by Crippen LogP contribution is -2.38. The molecule has 1 aliphatic rings. The molecule has 2 heterocycles. The van der Waals surface area contributed by atoms with Gasteiger partial charge in [-0.25, -0.2) is 13.8 Å². The van der Waals surface area contributed by atoms with Gasteiger partial charge in [0.25, 0.3) is 0 Å². The van der Waals surface area contributed by atoms with Crippen molar-refractivity contribution in [2.75, 3.05) is 19.6 Å². The normalized spacial score (nSPS) is 16.5. The number of aromatic amines is 1. The topological polar surface area (TPSA) is 61.0 Å². The van der Waals surface area contributed by atoms with Gasteiger partial charge < -0.3 is 10.3 Å². The van der Waals surface area contributed by atoms with Gasteiger partial charge in [0.05, 0.1) is 24.5 Å². The second kappa shape index (κ2) is 9.58. The van der Waals surface area contributed by atoms with E-state index in [2.05, 4.69) is 20.2 Å². The van der Waals surface area contributed by atoms with Gasteiger partial charge in [-0.1, -0.05) is 35.9 Å². The van der Waals surface area contributed by atoms with Crippen molar-refractivity contribution in [2.24, 2.45) is 0 Å². The maximum atomic E-state index is 13.7. The number of aromatic nitrogens is 2. The van der Waals surface area contributed by atoms with Crippen molar-refractivity contribution in [1.82, 2.24) is 20.2 Å². The molecular formula is C23H23ClF2N4O. The number of hydrogen-bond acceptors (Lipinski definition) is 3. The third-order valence-corrected chi connectivity index (χ3v) is 5.87. The summed E-state index contributed by atoms with van der Waals surface area (Å²) in [4.78, 5) is 22.3. The highest BCUT2D eigenvalue weighted by Crippen LogP contribution is 2.32. The summed E-state index contributed by atoms with van der Waals surface area (Å²) in [5.41, 5.74) is 1.71. The predicted molar refractivity (Wildman–Crippen MR) is 116 cm³/mol. The minimum absolute atomic E-state index is 0.00556. The van der Waals surface area contributed by atoms with Crippen LogP contribution in [0.3, 0.4) is 0 Å². The summed E-state index contributed by atoms with van der Waals surface area (Å²) >= 11 is 6.28. The third-order valence-electron chi connectivity index (χ3n) is 5.54. The van der Waals surface area contributed by atoms with Gasteiger partial charge in [-0.3, -0.25) is 9.69 Å². The second-order valence-electron chi connectivity index (χ2n) is 7.59. The Morgan fingerprint density at radius 1 is 1.19 bits per heavy atom. The van der Waals surface area contributed by atoms with E-state index in [1.807, 2.05) is 24.3 Å². The van der Waals surface area contributed by atoms with E-state index in [1.165, 1.54) is 18.2 Å². The smallest absolute Gasteiger partial charge is 0.234 e. The molecule has 1 aromatic heterocycles. The van der Waals surface area contributed by atoms with Crippen LogP contribution in [0.1, 0.15) is 30.3 Å². The van der Waals surface area contributed by atoms with Gasteiger partial charge in [0, 0.05) is 22.7 Å². The number of carbonyl (C=O) groups is 1. The molecule has 4 rings (SSSR count). The minimum atomic E-state index is -0.596. The Labute approximate surface area is 184 Å². The van der Waals surface area contributed by atoms with Crippen LogP contribution < -0.4 is 5.32 Å². The maximum Gasteiger partial charge on any atom is 0.234 e. The highest BCUT2D eigenvalue weighted by atomic mass is 35.5. The van der Waals surface area contributed by atoms with Crippen molar-refractivity contribution >= 4 is 17.5 Å². The zero-order valence-corrected chi connectivity index (χ0v) is 17.6. The minimum Gasteiger partial charge on any atom is -0.355 e. The van der Waals surface area contributed by atoms with E-state index in [-0.39, 0.29) is 37.0 Å². The zero-order chi connectivity index (χ0) is 21.8. The average Bonchev–Trinajstić information content (AvgIpc) is 3.40. The Morgan fingerprint density at radius 3 is 2.74 bits per heavy atom. The SMILES string of the molecule is O=C(CN1CCCC1c1ncc(-c2ccccc2Cl)[nH]1)NCCc1c(F)cccc1F. The van der Waals surface area contributed by atoms with Gasteiger partial charge in [-0.15, -0.1) is 0 Å². The molecule has 0 bridgehead atoms. The number of imidazole rings is 1. The van der Waals surface area contributed by atoms with Crippen molar-refractivity contribution < 1.29 is 13.6 Å².